The molecule has 0 aliphatic rings. The lowest BCUT2D eigenvalue weighted by molar-refractivity contribution is 0.398. The Morgan fingerprint density at radius 3 is 2.25 bits per heavy atom. The van der Waals surface area contributed by atoms with Gasteiger partial charge in [0.15, 0.2) is 0 Å². The molecule has 1 heteroatoms. The van der Waals surface area contributed by atoms with Crippen LogP contribution in [0.2, 0.25) is 0 Å². The van der Waals surface area contributed by atoms with Crippen molar-refractivity contribution in [3.63, 3.8) is 0 Å². The van der Waals surface area contributed by atoms with Crippen molar-refractivity contribution in [3.05, 3.63) is 36.6 Å². The van der Waals surface area contributed by atoms with Gasteiger partial charge in [-0.05, 0) is 30.4 Å². The molecular formula is C15H25N. The van der Waals surface area contributed by atoms with Crippen LogP contribution in [-0.2, 0) is 0 Å². The highest BCUT2D eigenvalue weighted by Crippen LogP contribution is 2.35. The first-order valence-electron chi connectivity index (χ1n) is 6.01. The third kappa shape index (κ3) is 4.18. The second-order valence-corrected chi connectivity index (χ2v) is 4.58. The number of rotatable bonds is 7. The second kappa shape index (κ2) is 7.21. The highest BCUT2D eigenvalue weighted by molar-refractivity contribution is 5.57. The predicted octanol–water partition coefficient (Wildman–Crippen LogP) is 4.92. The zero-order chi connectivity index (χ0) is 12.6. The van der Waals surface area contributed by atoms with Crippen molar-refractivity contribution in [1.29, 1.82) is 0 Å². The van der Waals surface area contributed by atoms with E-state index >= 15 is 0 Å². The Balaban J connectivity index is 5.21. The van der Waals surface area contributed by atoms with Crippen LogP contribution >= 0.6 is 0 Å². The smallest absolute Gasteiger partial charge is 0.0656 e. The molecule has 0 spiro atoms. The Kier molecular flexibility index (Phi) is 6.71. The van der Waals surface area contributed by atoms with E-state index in [1.54, 1.807) is 6.21 Å². The van der Waals surface area contributed by atoms with Crippen LogP contribution in [0.3, 0.4) is 0 Å². The summed E-state index contributed by atoms with van der Waals surface area (Å²) in [6.07, 6.45) is 9.13. The van der Waals surface area contributed by atoms with Gasteiger partial charge >= 0.3 is 0 Å². The molecule has 0 aliphatic heterocycles. The SMILES string of the molecule is C=C/C(N=CC)=C(/C=C)C(C)(C)CCCC. The maximum atomic E-state index is 4.35. The van der Waals surface area contributed by atoms with Crippen molar-refractivity contribution in [1.82, 2.24) is 0 Å². The molecule has 0 rings (SSSR count). The molecule has 0 N–H and O–H groups in total. The van der Waals surface area contributed by atoms with Crippen LogP contribution in [0, 0.1) is 5.41 Å². The molecule has 0 saturated heterocycles. The van der Waals surface area contributed by atoms with Crippen molar-refractivity contribution in [2.45, 2.75) is 47.0 Å². The first kappa shape index (κ1) is 14.9. The van der Waals surface area contributed by atoms with Crippen LogP contribution in [0.4, 0.5) is 0 Å². The summed E-state index contributed by atoms with van der Waals surface area (Å²) in [4.78, 5) is 4.35. The molecule has 0 unspecified atom stereocenters. The number of aliphatic imine (C=N–C) groups is 1. The zero-order valence-electron chi connectivity index (χ0n) is 11.2. The molecule has 0 heterocycles. The molecule has 0 aromatic heterocycles. The fourth-order valence-corrected chi connectivity index (χ4v) is 1.85. The molecule has 0 aromatic rings. The first-order chi connectivity index (χ1) is 7.53. The van der Waals surface area contributed by atoms with Gasteiger partial charge in [0.25, 0.3) is 0 Å². The van der Waals surface area contributed by atoms with E-state index in [0.717, 1.165) is 12.1 Å². The summed E-state index contributed by atoms with van der Waals surface area (Å²) >= 11 is 0. The molecule has 0 bridgehead atoms. The molecule has 0 aromatic carbocycles. The van der Waals surface area contributed by atoms with Gasteiger partial charge in [0.05, 0.1) is 5.70 Å². The molecule has 16 heavy (non-hydrogen) atoms. The van der Waals surface area contributed by atoms with Crippen LogP contribution in [0.5, 0.6) is 0 Å². The Bertz CT molecular complexity index is 293. The first-order valence-corrected chi connectivity index (χ1v) is 6.01. The average molecular weight is 219 g/mol. The quantitative estimate of drug-likeness (QED) is 0.426. The third-order valence-electron chi connectivity index (χ3n) is 2.83. The van der Waals surface area contributed by atoms with Gasteiger partial charge in [-0.1, -0.05) is 52.8 Å². The van der Waals surface area contributed by atoms with E-state index in [2.05, 4.69) is 38.9 Å². The van der Waals surface area contributed by atoms with E-state index < -0.39 is 0 Å². The standard InChI is InChI=1S/C15H25N/c1-7-11-12-15(5,6)13(8-2)14(9-3)16-10-4/h8-10H,2-3,7,11-12H2,1,4-6H3/b14-13+,16-10?. The Labute approximate surface area is 101 Å². The topological polar surface area (TPSA) is 12.4 Å². The summed E-state index contributed by atoms with van der Waals surface area (Å²) < 4.78 is 0. The van der Waals surface area contributed by atoms with Crippen LogP contribution in [0.25, 0.3) is 0 Å². The number of hydrogen-bond acceptors (Lipinski definition) is 1. The van der Waals surface area contributed by atoms with Crippen molar-refractivity contribution in [2.24, 2.45) is 10.4 Å². The normalized spacial score (nSPS) is 13.8. The van der Waals surface area contributed by atoms with Crippen molar-refractivity contribution in [3.8, 4) is 0 Å². The highest BCUT2D eigenvalue weighted by Gasteiger charge is 2.22. The van der Waals surface area contributed by atoms with E-state index in [9.17, 15) is 0 Å². The summed E-state index contributed by atoms with van der Waals surface area (Å²) in [5.74, 6) is 0. The number of nitrogens with zero attached hydrogens (tertiary/aromatic N) is 1. The van der Waals surface area contributed by atoms with Gasteiger partial charge in [0, 0.05) is 6.21 Å². The van der Waals surface area contributed by atoms with Crippen LogP contribution in [-0.4, -0.2) is 6.21 Å². The van der Waals surface area contributed by atoms with E-state index in [-0.39, 0.29) is 5.41 Å². The van der Waals surface area contributed by atoms with Crippen molar-refractivity contribution < 1.29 is 0 Å². The Morgan fingerprint density at radius 2 is 1.88 bits per heavy atom. The molecule has 1 nitrogen and oxygen atoms in total. The fraction of sp³-hybridized carbons (Fsp3) is 0.533. The minimum absolute atomic E-state index is 0.119. The molecule has 0 atom stereocenters. The maximum absolute atomic E-state index is 4.35. The molecule has 0 fully saturated rings. The van der Waals surface area contributed by atoms with E-state index in [1.807, 2.05) is 19.1 Å². The van der Waals surface area contributed by atoms with Gasteiger partial charge in [0.2, 0.25) is 0 Å². The van der Waals surface area contributed by atoms with Crippen LogP contribution < -0.4 is 0 Å². The highest BCUT2D eigenvalue weighted by atomic mass is 14.7. The second-order valence-electron chi connectivity index (χ2n) is 4.58. The van der Waals surface area contributed by atoms with Gasteiger partial charge in [-0.2, -0.15) is 0 Å². The van der Waals surface area contributed by atoms with Crippen molar-refractivity contribution >= 4 is 6.21 Å². The van der Waals surface area contributed by atoms with E-state index in [1.165, 1.54) is 18.4 Å². The van der Waals surface area contributed by atoms with Crippen LogP contribution in [0.15, 0.2) is 41.6 Å². The molecule has 0 saturated carbocycles. The molecule has 0 radical (unpaired) electrons. The number of unbranched alkanes of at least 4 members (excludes halogenated alkanes) is 1. The predicted molar refractivity (Wildman–Crippen MR) is 74.9 cm³/mol. The van der Waals surface area contributed by atoms with E-state index in [4.69, 9.17) is 0 Å². The van der Waals surface area contributed by atoms with Crippen molar-refractivity contribution in [2.75, 3.05) is 0 Å². The maximum Gasteiger partial charge on any atom is 0.0656 e. The fourth-order valence-electron chi connectivity index (χ4n) is 1.85. The summed E-state index contributed by atoms with van der Waals surface area (Å²) in [6, 6.07) is 0. The van der Waals surface area contributed by atoms with Gasteiger partial charge in [0.1, 0.15) is 0 Å². The monoisotopic (exact) mass is 219 g/mol. The van der Waals surface area contributed by atoms with Gasteiger partial charge in [-0.15, -0.1) is 0 Å². The van der Waals surface area contributed by atoms with Crippen LogP contribution in [0.1, 0.15) is 47.0 Å². The minimum atomic E-state index is 0.119. The molecule has 0 aliphatic carbocycles. The number of allylic oxidation sites excluding steroid dienone is 3. The largest absolute Gasteiger partial charge is 0.261 e. The summed E-state index contributed by atoms with van der Waals surface area (Å²) in [6.45, 7) is 16.4. The lowest BCUT2D eigenvalue weighted by atomic mass is 9.78. The van der Waals surface area contributed by atoms with Gasteiger partial charge in [-0.25, -0.2) is 0 Å². The minimum Gasteiger partial charge on any atom is -0.261 e. The molecular weight excluding hydrogens is 194 g/mol. The molecule has 90 valence electrons. The summed E-state index contributed by atoms with van der Waals surface area (Å²) in [5.41, 5.74) is 2.25. The zero-order valence-corrected chi connectivity index (χ0v) is 11.2. The number of hydrogen-bond donors (Lipinski definition) is 0. The Hall–Kier alpha value is -1.11. The Morgan fingerprint density at radius 1 is 1.25 bits per heavy atom. The lowest BCUT2D eigenvalue weighted by Gasteiger charge is -2.27. The van der Waals surface area contributed by atoms with Gasteiger partial charge in [-0.3, -0.25) is 4.99 Å². The summed E-state index contributed by atoms with van der Waals surface area (Å²) in [7, 11) is 0. The van der Waals surface area contributed by atoms with E-state index in [0.29, 0.717) is 0 Å². The lowest BCUT2D eigenvalue weighted by Crippen LogP contribution is -2.15. The average Bonchev–Trinajstić information content (AvgIpc) is 2.26. The molecule has 0 amide bonds. The summed E-state index contributed by atoms with van der Waals surface area (Å²) in [5, 5.41) is 0. The third-order valence-corrected chi connectivity index (χ3v) is 2.83. The van der Waals surface area contributed by atoms with Gasteiger partial charge < -0.3 is 0 Å².